The van der Waals surface area contributed by atoms with Gasteiger partial charge >= 0.3 is 0 Å². The Balaban J connectivity index is 1.31. The number of benzene rings is 1. The minimum atomic E-state index is 0.0914. The van der Waals surface area contributed by atoms with Crippen LogP contribution in [0.4, 0.5) is 11.4 Å². The third kappa shape index (κ3) is 5.38. The first-order valence-electron chi connectivity index (χ1n) is 12.4. The van der Waals surface area contributed by atoms with Crippen molar-refractivity contribution in [2.45, 2.75) is 45.1 Å². The van der Waals surface area contributed by atoms with Gasteiger partial charge in [-0.05, 0) is 49.9 Å². The number of aromatic nitrogens is 2. The summed E-state index contributed by atoms with van der Waals surface area (Å²) in [5.74, 6) is 0.350. The summed E-state index contributed by atoms with van der Waals surface area (Å²) in [6.45, 7) is 5.82. The molecule has 2 N–H and O–H groups in total. The van der Waals surface area contributed by atoms with Crippen LogP contribution < -0.4 is 10.2 Å². The molecule has 3 aliphatic rings. The molecule has 1 saturated carbocycles. The Hall–Kier alpha value is -2.87. The number of carbonyl (C=O) groups is 2. The molecule has 1 aliphatic carbocycles. The SMILES string of the molecule is O=C(Nc1ccc(C(=O)N2CCN(Cc3cc[nH]n3)CC2)c(N2CCCCCC2)c1)C1CC1. The molecule has 8 heteroatoms. The molecule has 2 amide bonds. The minimum Gasteiger partial charge on any atom is -0.371 e. The lowest BCUT2D eigenvalue weighted by molar-refractivity contribution is -0.117. The van der Waals surface area contributed by atoms with Crippen LogP contribution in [0.1, 0.15) is 54.6 Å². The molecule has 5 rings (SSSR count). The van der Waals surface area contributed by atoms with Gasteiger partial charge in [-0.1, -0.05) is 12.8 Å². The highest BCUT2D eigenvalue weighted by Gasteiger charge is 2.30. The predicted molar refractivity (Wildman–Crippen MR) is 128 cm³/mol. The molecule has 3 fully saturated rings. The van der Waals surface area contributed by atoms with Crippen LogP contribution in [0.25, 0.3) is 0 Å². The smallest absolute Gasteiger partial charge is 0.256 e. The van der Waals surface area contributed by atoms with Gasteiger partial charge < -0.3 is 15.1 Å². The van der Waals surface area contributed by atoms with Crippen molar-refractivity contribution in [1.82, 2.24) is 20.0 Å². The second kappa shape index (κ2) is 9.95. The topological polar surface area (TPSA) is 84.6 Å². The molecule has 0 bridgehead atoms. The van der Waals surface area contributed by atoms with Crippen LogP contribution in [-0.2, 0) is 11.3 Å². The fraction of sp³-hybridized carbons (Fsp3) is 0.560. The van der Waals surface area contributed by atoms with Gasteiger partial charge in [-0.3, -0.25) is 19.6 Å². The molecular formula is C25H34N6O2. The number of hydrogen-bond acceptors (Lipinski definition) is 5. The second-order valence-electron chi connectivity index (χ2n) is 9.53. The molecule has 2 saturated heterocycles. The Bertz CT molecular complexity index is 955. The van der Waals surface area contributed by atoms with Crippen LogP contribution in [0.5, 0.6) is 0 Å². The summed E-state index contributed by atoms with van der Waals surface area (Å²) >= 11 is 0. The van der Waals surface area contributed by atoms with Crippen molar-refractivity contribution >= 4 is 23.2 Å². The number of nitrogens with one attached hydrogen (secondary N) is 2. The van der Waals surface area contributed by atoms with Gasteiger partial charge in [0.25, 0.3) is 5.91 Å². The van der Waals surface area contributed by atoms with E-state index in [0.29, 0.717) is 13.1 Å². The number of carbonyl (C=O) groups excluding carboxylic acids is 2. The van der Waals surface area contributed by atoms with E-state index in [1.165, 1.54) is 12.8 Å². The van der Waals surface area contributed by atoms with Gasteiger partial charge in [0, 0.05) is 63.6 Å². The lowest BCUT2D eigenvalue weighted by atomic mass is 10.1. The van der Waals surface area contributed by atoms with Crippen molar-refractivity contribution in [2.75, 3.05) is 49.5 Å². The summed E-state index contributed by atoms with van der Waals surface area (Å²) in [6.07, 6.45) is 8.54. The molecule has 3 heterocycles. The normalized spacial score (nSPS) is 19.9. The van der Waals surface area contributed by atoms with E-state index in [4.69, 9.17) is 0 Å². The van der Waals surface area contributed by atoms with E-state index in [2.05, 4.69) is 25.3 Å². The van der Waals surface area contributed by atoms with E-state index in [-0.39, 0.29) is 17.7 Å². The second-order valence-corrected chi connectivity index (χ2v) is 9.53. The largest absolute Gasteiger partial charge is 0.371 e. The highest BCUT2D eigenvalue weighted by atomic mass is 16.2. The standard InChI is InChI=1S/C25H34N6O2/c32-24(19-5-6-19)27-20-7-8-22(23(17-20)30-11-3-1-2-4-12-30)25(33)31-15-13-29(14-16-31)18-21-9-10-26-28-21/h7-10,17,19H,1-6,11-16,18H2,(H,26,28)(H,27,32). The van der Waals surface area contributed by atoms with Crippen molar-refractivity contribution in [3.63, 3.8) is 0 Å². The molecule has 1 aromatic carbocycles. The first kappa shape index (κ1) is 21.9. The van der Waals surface area contributed by atoms with Crippen molar-refractivity contribution in [3.05, 3.63) is 41.7 Å². The maximum absolute atomic E-state index is 13.6. The first-order valence-corrected chi connectivity index (χ1v) is 12.4. The molecule has 2 aliphatic heterocycles. The van der Waals surface area contributed by atoms with Gasteiger partial charge in [-0.25, -0.2) is 0 Å². The van der Waals surface area contributed by atoms with Crippen molar-refractivity contribution < 1.29 is 9.59 Å². The highest BCUT2D eigenvalue weighted by molar-refractivity contribution is 6.02. The summed E-state index contributed by atoms with van der Waals surface area (Å²) in [6, 6.07) is 7.82. The van der Waals surface area contributed by atoms with Crippen molar-refractivity contribution in [1.29, 1.82) is 0 Å². The quantitative estimate of drug-likeness (QED) is 0.707. The third-order valence-corrected chi connectivity index (χ3v) is 6.99. The maximum atomic E-state index is 13.6. The van der Waals surface area contributed by atoms with Gasteiger partial charge in [0.2, 0.25) is 5.91 Å². The molecule has 8 nitrogen and oxygen atoms in total. The van der Waals surface area contributed by atoms with E-state index in [9.17, 15) is 9.59 Å². The van der Waals surface area contributed by atoms with Crippen LogP contribution in [0.15, 0.2) is 30.5 Å². The molecular weight excluding hydrogens is 416 g/mol. The summed E-state index contributed by atoms with van der Waals surface area (Å²) < 4.78 is 0. The number of rotatable bonds is 6. The summed E-state index contributed by atoms with van der Waals surface area (Å²) in [5, 5.41) is 10.2. The molecule has 0 unspecified atom stereocenters. The van der Waals surface area contributed by atoms with Crippen LogP contribution >= 0.6 is 0 Å². The lowest BCUT2D eigenvalue weighted by Gasteiger charge is -2.35. The van der Waals surface area contributed by atoms with Crippen LogP contribution in [-0.4, -0.2) is 71.1 Å². The average molecular weight is 451 g/mol. The van der Waals surface area contributed by atoms with Gasteiger partial charge in [-0.2, -0.15) is 5.10 Å². The van der Waals surface area contributed by atoms with Crippen LogP contribution in [0, 0.1) is 5.92 Å². The Morgan fingerprint density at radius 3 is 2.39 bits per heavy atom. The average Bonchev–Trinajstić information content (AvgIpc) is 3.62. The number of anilines is 2. The summed E-state index contributed by atoms with van der Waals surface area (Å²) in [5.41, 5.74) is 3.55. The molecule has 1 aromatic heterocycles. The van der Waals surface area contributed by atoms with Gasteiger partial charge in [0.05, 0.1) is 16.9 Å². The minimum absolute atomic E-state index is 0.0914. The predicted octanol–water partition coefficient (Wildman–Crippen LogP) is 3.10. The molecule has 0 atom stereocenters. The van der Waals surface area contributed by atoms with Crippen molar-refractivity contribution in [2.24, 2.45) is 5.92 Å². The number of amides is 2. The third-order valence-electron chi connectivity index (χ3n) is 6.99. The van der Waals surface area contributed by atoms with E-state index < -0.39 is 0 Å². The fourth-order valence-corrected chi connectivity index (χ4v) is 4.84. The van der Waals surface area contributed by atoms with Crippen LogP contribution in [0.2, 0.25) is 0 Å². The molecule has 2 aromatic rings. The Kier molecular flexibility index (Phi) is 6.62. The summed E-state index contributed by atoms with van der Waals surface area (Å²) in [7, 11) is 0. The highest BCUT2D eigenvalue weighted by Crippen LogP contribution is 2.32. The number of hydrogen-bond donors (Lipinski definition) is 2. The lowest BCUT2D eigenvalue weighted by Crippen LogP contribution is -2.48. The molecule has 0 spiro atoms. The zero-order valence-corrected chi connectivity index (χ0v) is 19.3. The Morgan fingerprint density at radius 2 is 1.73 bits per heavy atom. The first-order chi connectivity index (χ1) is 16.2. The van der Waals surface area contributed by atoms with Crippen molar-refractivity contribution in [3.8, 4) is 0 Å². The van der Waals surface area contributed by atoms with E-state index in [1.54, 1.807) is 0 Å². The summed E-state index contributed by atoms with van der Waals surface area (Å²) in [4.78, 5) is 32.6. The number of nitrogens with zero attached hydrogens (tertiary/aromatic N) is 4. The zero-order valence-electron chi connectivity index (χ0n) is 19.3. The zero-order chi connectivity index (χ0) is 22.6. The fourth-order valence-electron chi connectivity index (χ4n) is 4.84. The maximum Gasteiger partial charge on any atom is 0.256 e. The van der Waals surface area contributed by atoms with Gasteiger partial charge in [0.15, 0.2) is 0 Å². The van der Waals surface area contributed by atoms with Gasteiger partial charge in [0.1, 0.15) is 0 Å². The molecule has 0 radical (unpaired) electrons. The van der Waals surface area contributed by atoms with E-state index >= 15 is 0 Å². The number of H-pyrrole nitrogens is 1. The van der Waals surface area contributed by atoms with Crippen LogP contribution in [0.3, 0.4) is 0 Å². The number of piperazine rings is 1. The van der Waals surface area contributed by atoms with Gasteiger partial charge in [-0.15, -0.1) is 0 Å². The number of aromatic amines is 1. The Labute approximate surface area is 195 Å². The molecule has 176 valence electrons. The van der Waals surface area contributed by atoms with E-state index in [0.717, 1.165) is 81.0 Å². The monoisotopic (exact) mass is 450 g/mol. The molecule has 33 heavy (non-hydrogen) atoms. The van der Waals surface area contributed by atoms with E-state index in [1.807, 2.05) is 35.4 Å². The Morgan fingerprint density at radius 1 is 0.970 bits per heavy atom.